The molecule has 0 aromatic heterocycles. The van der Waals surface area contributed by atoms with Crippen LogP contribution in [-0.2, 0) is 4.74 Å². The Balaban J connectivity index is 2.46. The number of likely N-dealkylation sites (tertiary alicyclic amines) is 1. The molecule has 2 atom stereocenters. The van der Waals surface area contributed by atoms with Crippen molar-refractivity contribution in [3.8, 4) is 0 Å². The zero-order valence-corrected chi connectivity index (χ0v) is 13.0. The molecule has 1 heterocycles. The second-order valence-corrected chi connectivity index (χ2v) is 6.03. The van der Waals surface area contributed by atoms with Gasteiger partial charge in [0.25, 0.3) is 0 Å². The van der Waals surface area contributed by atoms with Crippen LogP contribution in [0.5, 0.6) is 0 Å². The lowest BCUT2D eigenvalue weighted by molar-refractivity contribution is -0.0147. The second-order valence-electron chi connectivity index (χ2n) is 6.03. The average molecular weight is 256 g/mol. The fraction of sp³-hybridized carbons (Fsp3) is 1.00. The lowest BCUT2D eigenvalue weighted by Gasteiger charge is -2.38. The van der Waals surface area contributed by atoms with Crippen LogP contribution in [0.15, 0.2) is 0 Å². The molecular formula is C15H32N2O. The van der Waals surface area contributed by atoms with E-state index < -0.39 is 0 Å². The van der Waals surface area contributed by atoms with Gasteiger partial charge < -0.3 is 15.0 Å². The van der Waals surface area contributed by atoms with E-state index in [-0.39, 0.29) is 5.60 Å². The third kappa shape index (κ3) is 4.22. The zero-order valence-electron chi connectivity index (χ0n) is 13.0. The fourth-order valence-electron chi connectivity index (χ4n) is 3.09. The summed E-state index contributed by atoms with van der Waals surface area (Å²) in [5, 5.41) is 3.41. The highest BCUT2D eigenvalue weighted by Crippen LogP contribution is 2.22. The molecule has 1 N–H and O–H groups in total. The first-order chi connectivity index (χ1) is 8.55. The first-order valence-electron chi connectivity index (χ1n) is 7.51. The van der Waals surface area contributed by atoms with E-state index in [1.165, 1.54) is 38.8 Å². The number of methoxy groups -OCH3 is 1. The molecule has 0 aromatic rings. The van der Waals surface area contributed by atoms with Crippen LogP contribution in [-0.4, -0.2) is 49.8 Å². The summed E-state index contributed by atoms with van der Waals surface area (Å²) in [6.07, 6.45) is 6.61. The Morgan fingerprint density at radius 1 is 1.39 bits per heavy atom. The van der Waals surface area contributed by atoms with Crippen LogP contribution < -0.4 is 5.32 Å². The molecule has 0 saturated carbocycles. The summed E-state index contributed by atoms with van der Waals surface area (Å²) in [6, 6.07) is 1.23. The van der Waals surface area contributed by atoms with Crippen LogP contribution in [0.3, 0.4) is 0 Å². The van der Waals surface area contributed by atoms with Crippen molar-refractivity contribution in [3.05, 3.63) is 0 Å². The molecule has 1 aliphatic rings. The summed E-state index contributed by atoms with van der Waals surface area (Å²) in [5.41, 5.74) is -0.0910. The third-order valence-electron chi connectivity index (χ3n) is 4.64. The Morgan fingerprint density at radius 2 is 2.11 bits per heavy atom. The Morgan fingerprint density at radius 3 is 2.67 bits per heavy atom. The van der Waals surface area contributed by atoms with Crippen molar-refractivity contribution < 1.29 is 4.74 Å². The quantitative estimate of drug-likeness (QED) is 0.758. The fourth-order valence-corrected chi connectivity index (χ4v) is 3.09. The molecule has 18 heavy (non-hydrogen) atoms. The van der Waals surface area contributed by atoms with Gasteiger partial charge in [0.1, 0.15) is 0 Å². The van der Waals surface area contributed by atoms with Crippen molar-refractivity contribution in [2.75, 3.05) is 27.2 Å². The van der Waals surface area contributed by atoms with Gasteiger partial charge in [-0.3, -0.25) is 0 Å². The van der Waals surface area contributed by atoms with Gasteiger partial charge in [-0.05, 0) is 53.1 Å². The van der Waals surface area contributed by atoms with E-state index in [0.717, 1.165) is 12.5 Å². The minimum atomic E-state index is -0.0910. The van der Waals surface area contributed by atoms with Crippen molar-refractivity contribution in [2.45, 2.75) is 70.6 Å². The van der Waals surface area contributed by atoms with Gasteiger partial charge in [-0.15, -0.1) is 0 Å². The maximum atomic E-state index is 5.60. The van der Waals surface area contributed by atoms with Crippen LogP contribution in [0.2, 0.25) is 0 Å². The standard InChI is InChI=1S/C15H32N2O/c1-6-13-9-7-8-11-17(13)12-10-14(16-4)15(2,3)18-5/h13-14,16H,6-12H2,1-5H3. The minimum absolute atomic E-state index is 0.0910. The number of hydrogen-bond acceptors (Lipinski definition) is 3. The smallest absolute Gasteiger partial charge is 0.0775 e. The normalized spacial score (nSPS) is 24.2. The lowest BCUT2D eigenvalue weighted by atomic mass is 9.94. The predicted octanol–water partition coefficient (Wildman–Crippen LogP) is 2.65. The summed E-state index contributed by atoms with van der Waals surface area (Å²) in [5.74, 6) is 0. The predicted molar refractivity (Wildman–Crippen MR) is 78.1 cm³/mol. The van der Waals surface area contributed by atoms with Gasteiger partial charge in [-0.2, -0.15) is 0 Å². The first-order valence-corrected chi connectivity index (χ1v) is 7.51. The Kier molecular flexibility index (Phi) is 6.61. The molecule has 1 rings (SSSR count). The number of nitrogens with one attached hydrogen (secondary N) is 1. The van der Waals surface area contributed by atoms with Crippen molar-refractivity contribution in [1.82, 2.24) is 10.2 Å². The van der Waals surface area contributed by atoms with Gasteiger partial charge in [-0.1, -0.05) is 13.3 Å². The molecule has 1 saturated heterocycles. The lowest BCUT2D eigenvalue weighted by Crippen LogP contribution is -2.49. The van der Waals surface area contributed by atoms with E-state index in [9.17, 15) is 0 Å². The topological polar surface area (TPSA) is 24.5 Å². The van der Waals surface area contributed by atoms with Crippen molar-refractivity contribution in [1.29, 1.82) is 0 Å². The van der Waals surface area contributed by atoms with E-state index in [1.54, 1.807) is 7.11 Å². The van der Waals surface area contributed by atoms with Crippen LogP contribution in [0.4, 0.5) is 0 Å². The molecule has 1 fully saturated rings. The highest BCUT2D eigenvalue weighted by molar-refractivity contribution is 4.86. The maximum Gasteiger partial charge on any atom is 0.0775 e. The number of hydrogen-bond donors (Lipinski definition) is 1. The van der Waals surface area contributed by atoms with Gasteiger partial charge in [0, 0.05) is 25.7 Å². The number of piperidine rings is 1. The van der Waals surface area contributed by atoms with Gasteiger partial charge >= 0.3 is 0 Å². The molecule has 0 bridgehead atoms. The molecule has 108 valence electrons. The molecule has 0 radical (unpaired) electrons. The molecule has 1 aliphatic heterocycles. The van der Waals surface area contributed by atoms with Gasteiger partial charge in [0.05, 0.1) is 5.60 Å². The van der Waals surface area contributed by atoms with Crippen LogP contribution in [0, 0.1) is 0 Å². The Bertz CT molecular complexity index is 231. The van der Waals surface area contributed by atoms with E-state index in [4.69, 9.17) is 4.74 Å². The minimum Gasteiger partial charge on any atom is -0.377 e. The van der Waals surface area contributed by atoms with Crippen molar-refractivity contribution in [3.63, 3.8) is 0 Å². The molecule has 3 nitrogen and oxygen atoms in total. The van der Waals surface area contributed by atoms with Crippen LogP contribution >= 0.6 is 0 Å². The van der Waals surface area contributed by atoms with Crippen molar-refractivity contribution >= 4 is 0 Å². The molecule has 2 unspecified atom stereocenters. The van der Waals surface area contributed by atoms with Crippen molar-refractivity contribution in [2.24, 2.45) is 0 Å². The monoisotopic (exact) mass is 256 g/mol. The average Bonchev–Trinajstić information content (AvgIpc) is 2.39. The molecule has 3 heteroatoms. The first kappa shape index (κ1) is 15.9. The summed E-state index contributed by atoms with van der Waals surface area (Å²) < 4.78 is 5.60. The van der Waals surface area contributed by atoms with E-state index in [2.05, 4.69) is 31.0 Å². The van der Waals surface area contributed by atoms with E-state index in [1.807, 2.05) is 7.05 Å². The molecule has 0 spiro atoms. The number of ether oxygens (including phenoxy) is 1. The zero-order chi connectivity index (χ0) is 13.6. The highest BCUT2D eigenvalue weighted by atomic mass is 16.5. The van der Waals surface area contributed by atoms with Crippen LogP contribution in [0.25, 0.3) is 0 Å². The molecule has 0 aliphatic carbocycles. The molecule has 0 aromatic carbocycles. The molecular weight excluding hydrogens is 224 g/mol. The molecule has 0 amide bonds. The van der Waals surface area contributed by atoms with Crippen LogP contribution in [0.1, 0.15) is 52.9 Å². The maximum absolute atomic E-state index is 5.60. The summed E-state index contributed by atoms with van der Waals surface area (Å²) in [7, 11) is 3.85. The van der Waals surface area contributed by atoms with Gasteiger partial charge in [0.2, 0.25) is 0 Å². The summed E-state index contributed by atoms with van der Waals surface area (Å²) in [4.78, 5) is 2.68. The number of nitrogens with zero attached hydrogens (tertiary/aromatic N) is 1. The number of rotatable bonds is 7. The van der Waals surface area contributed by atoms with E-state index >= 15 is 0 Å². The van der Waals surface area contributed by atoms with Gasteiger partial charge in [0.15, 0.2) is 0 Å². The number of likely N-dealkylation sites (N-methyl/N-ethyl adjacent to an activating group) is 1. The highest BCUT2D eigenvalue weighted by Gasteiger charge is 2.29. The summed E-state index contributed by atoms with van der Waals surface area (Å²) >= 11 is 0. The summed E-state index contributed by atoms with van der Waals surface area (Å²) in [6.45, 7) is 9.13. The third-order valence-corrected chi connectivity index (χ3v) is 4.64. The SMILES string of the molecule is CCC1CCCCN1CCC(NC)C(C)(C)OC. The Labute approximate surface area is 113 Å². The Hall–Kier alpha value is -0.120. The largest absolute Gasteiger partial charge is 0.377 e. The van der Waals surface area contributed by atoms with Gasteiger partial charge in [-0.25, -0.2) is 0 Å². The van der Waals surface area contributed by atoms with E-state index in [0.29, 0.717) is 6.04 Å². The second kappa shape index (κ2) is 7.46.